The van der Waals surface area contributed by atoms with E-state index in [1.807, 2.05) is 0 Å². The van der Waals surface area contributed by atoms with Crippen LogP contribution in [0, 0.1) is 5.92 Å². The molecule has 2 heteroatoms. The van der Waals surface area contributed by atoms with Crippen molar-refractivity contribution < 1.29 is 0 Å². The van der Waals surface area contributed by atoms with Gasteiger partial charge in [0.25, 0.3) is 0 Å². The Balaban J connectivity index is 1.77. The first-order valence-corrected chi connectivity index (χ1v) is 8.10. The highest BCUT2D eigenvalue weighted by Gasteiger charge is 2.32. The predicted octanol–water partition coefficient (Wildman–Crippen LogP) is 5.25. The van der Waals surface area contributed by atoms with Gasteiger partial charge in [-0.05, 0) is 48.9 Å². The van der Waals surface area contributed by atoms with Crippen LogP contribution in [0.1, 0.15) is 43.0 Å². The molecule has 0 aliphatic heterocycles. The lowest BCUT2D eigenvalue weighted by molar-refractivity contribution is 0.427. The highest BCUT2D eigenvalue weighted by atomic mass is 79.9. The van der Waals surface area contributed by atoms with Gasteiger partial charge in [0.05, 0.1) is 0 Å². The molecule has 0 saturated heterocycles. The lowest BCUT2D eigenvalue weighted by Crippen LogP contribution is -2.26. The fourth-order valence-corrected chi connectivity index (χ4v) is 3.15. The van der Waals surface area contributed by atoms with E-state index in [0.29, 0.717) is 12.1 Å². The van der Waals surface area contributed by atoms with E-state index >= 15 is 0 Å². The maximum atomic E-state index is 3.82. The molecule has 0 radical (unpaired) electrons. The summed E-state index contributed by atoms with van der Waals surface area (Å²) in [6.45, 7) is 2.25. The monoisotopic (exact) mass is 329 g/mol. The van der Waals surface area contributed by atoms with Crippen LogP contribution in [0.3, 0.4) is 0 Å². The molecule has 1 unspecified atom stereocenters. The molecule has 20 heavy (non-hydrogen) atoms. The fourth-order valence-electron chi connectivity index (χ4n) is 2.74. The van der Waals surface area contributed by atoms with Crippen molar-refractivity contribution in [1.29, 1.82) is 0 Å². The van der Waals surface area contributed by atoms with E-state index < -0.39 is 0 Å². The predicted molar refractivity (Wildman–Crippen MR) is 87.6 cm³/mol. The molecule has 0 spiro atoms. The van der Waals surface area contributed by atoms with Crippen molar-refractivity contribution in [3.05, 3.63) is 70.2 Å². The van der Waals surface area contributed by atoms with E-state index in [-0.39, 0.29) is 0 Å². The molecule has 1 saturated carbocycles. The van der Waals surface area contributed by atoms with Gasteiger partial charge in [-0.1, -0.05) is 58.4 Å². The maximum absolute atomic E-state index is 3.82. The molecule has 0 bridgehead atoms. The van der Waals surface area contributed by atoms with E-state index in [2.05, 4.69) is 82.8 Å². The van der Waals surface area contributed by atoms with E-state index in [1.165, 1.54) is 24.0 Å². The number of benzene rings is 2. The van der Waals surface area contributed by atoms with Gasteiger partial charge in [0.1, 0.15) is 0 Å². The second kappa shape index (κ2) is 6.11. The Morgan fingerprint density at radius 1 is 1.00 bits per heavy atom. The van der Waals surface area contributed by atoms with Crippen LogP contribution in [-0.4, -0.2) is 0 Å². The average Bonchev–Trinajstić information content (AvgIpc) is 3.30. The largest absolute Gasteiger partial charge is 0.303 e. The Kier molecular flexibility index (Phi) is 4.23. The summed E-state index contributed by atoms with van der Waals surface area (Å²) in [6.07, 6.45) is 2.69. The highest BCUT2D eigenvalue weighted by Crippen LogP contribution is 2.42. The normalized spacial score (nSPS) is 17.7. The Hall–Kier alpha value is -1.12. The summed E-state index contributed by atoms with van der Waals surface area (Å²) in [7, 11) is 0. The summed E-state index contributed by atoms with van der Waals surface area (Å²) in [5.74, 6) is 0.798. The van der Waals surface area contributed by atoms with Gasteiger partial charge in [-0.25, -0.2) is 0 Å². The molecule has 2 aromatic carbocycles. The minimum Gasteiger partial charge on any atom is -0.303 e. The lowest BCUT2D eigenvalue weighted by Gasteiger charge is -2.24. The molecule has 1 N–H and O–H groups in total. The highest BCUT2D eigenvalue weighted by molar-refractivity contribution is 9.10. The second-order valence-electron chi connectivity index (χ2n) is 5.67. The average molecular weight is 330 g/mol. The summed E-state index contributed by atoms with van der Waals surface area (Å²) >= 11 is 3.56. The SMILES string of the molecule is C[C@H](NC(c1ccccc1)C1CC1)c1cccc(Br)c1. The first kappa shape index (κ1) is 13.8. The van der Waals surface area contributed by atoms with Crippen molar-refractivity contribution in [1.82, 2.24) is 5.32 Å². The molecule has 0 aromatic heterocycles. The van der Waals surface area contributed by atoms with Gasteiger partial charge in [0, 0.05) is 16.6 Å². The van der Waals surface area contributed by atoms with Gasteiger partial charge in [0.2, 0.25) is 0 Å². The molecule has 1 fully saturated rings. The number of rotatable bonds is 5. The fraction of sp³-hybridized carbons (Fsp3) is 0.333. The lowest BCUT2D eigenvalue weighted by atomic mass is 9.99. The molecule has 0 heterocycles. The van der Waals surface area contributed by atoms with Crippen molar-refractivity contribution in [3.63, 3.8) is 0 Å². The number of hydrogen-bond donors (Lipinski definition) is 1. The van der Waals surface area contributed by atoms with Crippen molar-refractivity contribution in [2.45, 2.75) is 31.8 Å². The molecule has 1 nitrogen and oxygen atoms in total. The molecule has 104 valence electrons. The van der Waals surface area contributed by atoms with Crippen LogP contribution in [0.15, 0.2) is 59.1 Å². The standard InChI is InChI=1S/C18H20BrN/c1-13(16-8-5-9-17(19)12-16)20-18(15-10-11-15)14-6-3-2-4-7-14/h2-9,12-13,15,18,20H,10-11H2,1H3/t13-,18?/m0/s1. The summed E-state index contributed by atoms with van der Waals surface area (Å²) < 4.78 is 1.14. The Bertz CT molecular complexity index is 563. The van der Waals surface area contributed by atoms with Crippen LogP contribution < -0.4 is 5.32 Å². The Morgan fingerprint density at radius 3 is 2.35 bits per heavy atom. The van der Waals surface area contributed by atoms with Gasteiger partial charge in [-0.3, -0.25) is 0 Å². The van der Waals surface area contributed by atoms with Crippen LogP contribution in [0.2, 0.25) is 0 Å². The van der Waals surface area contributed by atoms with Crippen LogP contribution in [0.25, 0.3) is 0 Å². The van der Waals surface area contributed by atoms with E-state index in [0.717, 1.165) is 10.4 Å². The minimum atomic E-state index is 0.360. The summed E-state index contributed by atoms with van der Waals surface area (Å²) in [5, 5.41) is 3.82. The maximum Gasteiger partial charge on any atom is 0.0353 e. The van der Waals surface area contributed by atoms with Crippen LogP contribution in [0.5, 0.6) is 0 Å². The first-order chi connectivity index (χ1) is 9.74. The number of hydrogen-bond acceptors (Lipinski definition) is 1. The van der Waals surface area contributed by atoms with Gasteiger partial charge in [-0.2, -0.15) is 0 Å². The molecule has 2 atom stereocenters. The van der Waals surface area contributed by atoms with Crippen molar-refractivity contribution >= 4 is 15.9 Å². The van der Waals surface area contributed by atoms with Crippen LogP contribution in [-0.2, 0) is 0 Å². The first-order valence-electron chi connectivity index (χ1n) is 7.30. The number of nitrogens with one attached hydrogen (secondary N) is 1. The molecule has 1 aliphatic rings. The Labute approximate surface area is 129 Å². The Morgan fingerprint density at radius 2 is 1.70 bits per heavy atom. The third-order valence-electron chi connectivity index (χ3n) is 4.03. The zero-order valence-corrected chi connectivity index (χ0v) is 13.3. The zero-order valence-electron chi connectivity index (χ0n) is 11.7. The summed E-state index contributed by atoms with van der Waals surface area (Å²) in [4.78, 5) is 0. The molecular weight excluding hydrogens is 310 g/mol. The van der Waals surface area contributed by atoms with E-state index in [1.54, 1.807) is 0 Å². The zero-order chi connectivity index (χ0) is 13.9. The smallest absolute Gasteiger partial charge is 0.0353 e. The third kappa shape index (κ3) is 3.31. The van der Waals surface area contributed by atoms with Crippen molar-refractivity contribution in [2.75, 3.05) is 0 Å². The van der Waals surface area contributed by atoms with Crippen molar-refractivity contribution in [3.8, 4) is 0 Å². The quantitative estimate of drug-likeness (QED) is 0.789. The molecular formula is C18H20BrN. The van der Waals surface area contributed by atoms with E-state index in [4.69, 9.17) is 0 Å². The van der Waals surface area contributed by atoms with Crippen LogP contribution in [0.4, 0.5) is 0 Å². The van der Waals surface area contributed by atoms with Gasteiger partial charge >= 0.3 is 0 Å². The second-order valence-corrected chi connectivity index (χ2v) is 6.58. The van der Waals surface area contributed by atoms with Gasteiger partial charge < -0.3 is 5.32 Å². The van der Waals surface area contributed by atoms with Gasteiger partial charge in [0.15, 0.2) is 0 Å². The molecule has 1 aliphatic carbocycles. The third-order valence-corrected chi connectivity index (χ3v) is 4.52. The molecule has 2 aromatic rings. The minimum absolute atomic E-state index is 0.360. The van der Waals surface area contributed by atoms with E-state index in [9.17, 15) is 0 Å². The van der Waals surface area contributed by atoms with Crippen LogP contribution >= 0.6 is 15.9 Å². The topological polar surface area (TPSA) is 12.0 Å². The summed E-state index contributed by atoms with van der Waals surface area (Å²) in [6, 6.07) is 20.2. The molecule has 3 rings (SSSR count). The summed E-state index contributed by atoms with van der Waals surface area (Å²) in [5.41, 5.74) is 2.75. The molecule has 0 amide bonds. The van der Waals surface area contributed by atoms with Gasteiger partial charge in [-0.15, -0.1) is 0 Å². The van der Waals surface area contributed by atoms with Crippen molar-refractivity contribution in [2.24, 2.45) is 5.92 Å². The number of halogens is 1.